The van der Waals surface area contributed by atoms with Crippen LogP contribution in [-0.2, 0) is 11.2 Å². The Labute approximate surface area is 205 Å². The van der Waals surface area contributed by atoms with Crippen LogP contribution in [0.25, 0.3) is 11.8 Å². The van der Waals surface area contributed by atoms with Crippen molar-refractivity contribution in [1.29, 1.82) is 0 Å². The molecule has 3 rings (SSSR count). The number of unbranched alkanes of at least 4 members (excludes halogenated alkanes) is 1. The standard InChI is InChI=1S/C26H31ClN4OS/c1-20(2)19-28-25(32)16-7-6-15-24-29-30-26(31(24)23-14-8-13-22(27)18-23)33-17-9-12-21-10-4-3-5-11-21/h3-5,8-14,18,20H,6-7,15-17,19H2,1-2H3,(H,28,32). The van der Waals surface area contributed by atoms with Gasteiger partial charge in [-0.15, -0.1) is 10.2 Å². The molecule has 0 aliphatic carbocycles. The molecule has 1 heterocycles. The van der Waals surface area contributed by atoms with E-state index in [-0.39, 0.29) is 5.91 Å². The van der Waals surface area contributed by atoms with E-state index in [0.717, 1.165) is 48.2 Å². The zero-order valence-electron chi connectivity index (χ0n) is 19.2. The summed E-state index contributed by atoms with van der Waals surface area (Å²) in [7, 11) is 0. The van der Waals surface area contributed by atoms with Gasteiger partial charge < -0.3 is 5.32 Å². The minimum Gasteiger partial charge on any atom is -0.356 e. The van der Waals surface area contributed by atoms with Crippen molar-refractivity contribution in [2.75, 3.05) is 12.3 Å². The summed E-state index contributed by atoms with van der Waals surface area (Å²) < 4.78 is 2.08. The molecular formula is C26H31ClN4OS. The van der Waals surface area contributed by atoms with Crippen LogP contribution in [0.2, 0.25) is 5.02 Å². The summed E-state index contributed by atoms with van der Waals surface area (Å²) >= 11 is 7.89. The molecule has 0 unspecified atom stereocenters. The highest BCUT2D eigenvalue weighted by Gasteiger charge is 2.14. The van der Waals surface area contributed by atoms with E-state index in [9.17, 15) is 4.79 Å². The van der Waals surface area contributed by atoms with Gasteiger partial charge >= 0.3 is 0 Å². The average Bonchev–Trinajstić information content (AvgIpc) is 3.21. The van der Waals surface area contributed by atoms with E-state index in [1.54, 1.807) is 11.8 Å². The van der Waals surface area contributed by atoms with E-state index >= 15 is 0 Å². The maximum absolute atomic E-state index is 12.0. The molecule has 0 aliphatic heterocycles. The largest absolute Gasteiger partial charge is 0.356 e. The number of benzene rings is 2. The van der Waals surface area contributed by atoms with E-state index in [4.69, 9.17) is 11.6 Å². The van der Waals surface area contributed by atoms with Crippen LogP contribution in [0.4, 0.5) is 0 Å². The Morgan fingerprint density at radius 1 is 1.12 bits per heavy atom. The zero-order valence-corrected chi connectivity index (χ0v) is 20.8. The van der Waals surface area contributed by atoms with E-state index in [0.29, 0.717) is 17.4 Å². The Morgan fingerprint density at radius 3 is 2.70 bits per heavy atom. The Kier molecular flexibility index (Phi) is 10.0. The number of thioether (sulfide) groups is 1. The van der Waals surface area contributed by atoms with Crippen LogP contribution in [0.3, 0.4) is 0 Å². The van der Waals surface area contributed by atoms with Gasteiger partial charge in [0.1, 0.15) is 5.82 Å². The number of carbonyl (C=O) groups excluding carboxylic acids is 1. The molecule has 1 aromatic heterocycles. The number of aryl methyl sites for hydroxylation is 1. The normalized spacial score (nSPS) is 11.4. The highest BCUT2D eigenvalue weighted by Crippen LogP contribution is 2.25. The minimum atomic E-state index is 0.112. The number of nitrogens with zero attached hydrogens (tertiary/aromatic N) is 3. The summed E-state index contributed by atoms with van der Waals surface area (Å²) in [5, 5.41) is 13.4. The Bertz CT molecular complexity index is 1050. The second-order valence-electron chi connectivity index (χ2n) is 8.24. The molecule has 1 amide bonds. The van der Waals surface area contributed by atoms with Crippen molar-refractivity contribution in [1.82, 2.24) is 20.1 Å². The molecule has 174 valence electrons. The molecule has 7 heteroatoms. The molecule has 0 saturated carbocycles. The van der Waals surface area contributed by atoms with Crippen LogP contribution >= 0.6 is 23.4 Å². The van der Waals surface area contributed by atoms with E-state index in [1.165, 1.54) is 5.56 Å². The second-order valence-corrected chi connectivity index (χ2v) is 9.67. The predicted molar refractivity (Wildman–Crippen MR) is 138 cm³/mol. The Morgan fingerprint density at radius 2 is 1.94 bits per heavy atom. The monoisotopic (exact) mass is 482 g/mol. The lowest BCUT2D eigenvalue weighted by molar-refractivity contribution is -0.121. The second kappa shape index (κ2) is 13.2. The number of amides is 1. The predicted octanol–water partition coefficient (Wildman–Crippen LogP) is 6.21. The van der Waals surface area contributed by atoms with Gasteiger partial charge in [0.25, 0.3) is 0 Å². The Hall–Kier alpha value is -2.57. The molecule has 33 heavy (non-hydrogen) atoms. The van der Waals surface area contributed by atoms with Gasteiger partial charge in [0, 0.05) is 30.2 Å². The summed E-state index contributed by atoms with van der Waals surface area (Å²) in [6, 6.07) is 18.0. The van der Waals surface area contributed by atoms with Crippen molar-refractivity contribution in [2.45, 2.75) is 44.7 Å². The van der Waals surface area contributed by atoms with Crippen LogP contribution < -0.4 is 5.32 Å². The highest BCUT2D eigenvalue weighted by molar-refractivity contribution is 7.99. The lowest BCUT2D eigenvalue weighted by Crippen LogP contribution is -2.26. The zero-order chi connectivity index (χ0) is 23.5. The minimum absolute atomic E-state index is 0.112. The number of hydrogen-bond donors (Lipinski definition) is 1. The number of nitrogens with one attached hydrogen (secondary N) is 1. The highest BCUT2D eigenvalue weighted by atomic mass is 35.5. The van der Waals surface area contributed by atoms with Crippen LogP contribution in [0.5, 0.6) is 0 Å². The summed E-state index contributed by atoms with van der Waals surface area (Å²) in [5.74, 6) is 2.24. The third-order valence-electron chi connectivity index (χ3n) is 4.95. The van der Waals surface area contributed by atoms with Crippen LogP contribution in [0.1, 0.15) is 44.5 Å². The first-order valence-electron chi connectivity index (χ1n) is 11.3. The molecule has 3 aromatic rings. The van der Waals surface area contributed by atoms with E-state index in [2.05, 4.69) is 58.2 Å². The first kappa shape index (κ1) is 25.1. The maximum atomic E-state index is 12.0. The number of aromatic nitrogens is 3. The van der Waals surface area contributed by atoms with Crippen molar-refractivity contribution in [2.24, 2.45) is 5.92 Å². The molecule has 0 fully saturated rings. The van der Waals surface area contributed by atoms with E-state index in [1.807, 2.05) is 42.5 Å². The van der Waals surface area contributed by atoms with Crippen molar-refractivity contribution in [3.8, 4) is 5.69 Å². The number of halogens is 1. The van der Waals surface area contributed by atoms with Gasteiger partial charge in [0.2, 0.25) is 5.91 Å². The van der Waals surface area contributed by atoms with Gasteiger partial charge in [-0.2, -0.15) is 0 Å². The molecular weight excluding hydrogens is 452 g/mol. The fraction of sp³-hybridized carbons (Fsp3) is 0.346. The molecule has 2 aromatic carbocycles. The molecule has 5 nitrogen and oxygen atoms in total. The quantitative estimate of drug-likeness (QED) is 0.246. The molecule has 0 aliphatic rings. The lowest BCUT2D eigenvalue weighted by Gasteiger charge is -2.10. The molecule has 0 atom stereocenters. The van der Waals surface area contributed by atoms with Gasteiger partial charge in [0.05, 0.1) is 5.69 Å². The molecule has 1 N–H and O–H groups in total. The van der Waals surface area contributed by atoms with Gasteiger partial charge in [-0.3, -0.25) is 9.36 Å². The van der Waals surface area contributed by atoms with Crippen molar-refractivity contribution in [3.63, 3.8) is 0 Å². The van der Waals surface area contributed by atoms with Gasteiger partial charge in [-0.1, -0.05) is 85.8 Å². The molecule has 0 spiro atoms. The maximum Gasteiger partial charge on any atom is 0.220 e. The molecule has 0 bridgehead atoms. The van der Waals surface area contributed by atoms with Crippen LogP contribution in [0.15, 0.2) is 65.8 Å². The molecule has 0 saturated heterocycles. The topological polar surface area (TPSA) is 59.8 Å². The first-order valence-corrected chi connectivity index (χ1v) is 12.7. The smallest absolute Gasteiger partial charge is 0.220 e. The van der Waals surface area contributed by atoms with Crippen LogP contribution in [-0.4, -0.2) is 33.0 Å². The summed E-state index contributed by atoms with van der Waals surface area (Å²) in [6.45, 7) is 4.91. The van der Waals surface area contributed by atoms with Crippen molar-refractivity contribution < 1.29 is 4.79 Å². The van der Waals surface area contributed by atoms with Crippen molar-refractivity contribution >= 4 is 35.3 Å². The van der Waals surface area contributed by atoms with Gasteiger partial charge in [-0.05, 0) is 42.5 Å². The number of carbonyl (C=O) groups is 1. The fourth-order valence-corrected chi connectivity index (χ4v) is 4.24. The summed E-state index contributed by atoms with van der Waals surface area (Å²) in [5.41, 5.74) is 2.12. The summed E-state index contributed by atoms with van der Waals surface area (Å²) in [4.78, 5) is 12.0. The third kappa shape index (κ3) is 8.37. The third-order valence-corrected chi connectivity index (χ3v) is 6.06. The van der Waals surface area contributed by atoms with Crippen molar-refractivity contribution in [3.05, 3.63) is 77.1 Å². The number of hydrogen-bond acceptors (Lipinski definition) is 4. The fourth-order valence-electron chi connectivity index (χ4n) is 3.28. The van der Waals surface area contributed by atoms with Gasteiger partial charge in [0.15, 0.2) is 5.16 Å². The van der Waals surface area contributed by atoms with E-state index < -0.39 is 0 Å². The van der Waals surface area contributed by atoms with Crippen LogP contribution in [0, 0.1) is 5.92 Å². The lowest BCUT2D eigenvalue weighted by atomic mass is 10.1. The molecule has 0 radical (unpaired) electrons. The number of rotatable bonds is 12. The average molecular weight is 483 g/mol. The van der Waals surface area contributed by atoms with Gasteiger partial charge in [-0.25, -0.2) is 0 Å². The Balaban J connectivity index is 1.63. The first-order chi connectivity index (χ1) is 16.0. The summed E-state index contributed by atoms with van der Waals surface area (Å²) in [6.07, 6.45) is 7.20. The SMILES string of the molecule is CC(C)CNC(=O)CCCCc1nnc(SCC=Cc2ccccc2)n1-c1cccc(Cl)c1.